The van der Waals surface area contributed by atoms with E-state index in [0.29, 0.717) is 11.3 Å². The van der Waals surface area contributed by atoms with Crippen LogP contribution < -0.4 is 18.9 Å². The summed E-state index contributed by atoms with van der Waals surface area (Å²) in [6.07, 6.45) is 4.92. The van der Waals surface area contributed by atoms with Gasteiger partial charge in [-0.05, 0) is 47.4 Å². The maximum atomic E-state index is 13.7. The van der Waals surface area contributed by atoms with E-state index < -0.39 is 16.2 Å². The van der Waals surface area contributed by atoms with E-state index in [1.54, 1.807) is 48.5 Å². The van der Waals surface area contributed by atoms with Gasteiger partial charge < -0.3 is 28.1 Å². The van der Waals surface area contributed by atoms with Crippen molar-refractivity contribution in [3.05, 3.63) is 96.7 Å². The molecule has 0 saturated heterocycles. The van der Waals surface area contributed by atoms with Crippen LogP contribution in [0.2, 0.25) is 0 Å². The molecule has 3 aromatic heterocycles. The molecule has 0 radical (unpaired) electrons. The smallest absolute Gasteiger partial charge is 0.493 e. The molecule has 48 heavy (non-hydrogen) atoms. The molecule has 0 bridgehead atoms. The number of furan rings is 1. The summed E-state index contributed by atoms with van der Waals surface area (Å²) >= 11 is 0. The molecule has 0 amide bonds. The van der Waals surface area contributed by atoms with Gasteiger partial charge in [-0.1, -0.05) is 45.0 Å². The molecule has 0 spiro atoms. The van der Waals surface area contributed by atoms with E-state index in [0.717, 1.165) is 5.56 Å². The quantitative estimate of drug-likeness (QED) is 0.111. The summed E-state index contributed by atoms with van der Waals surface area (Å²) in [7, 11) is -2.77. The number of hydrogen-bond acceptors (Lipinski definition) is 13. The second kappa shape index (κ2) is 14.8. The summed E-state index contributed by atoms with van der Waals surface area (Å²) in [5.41, 5.74) is 1.42. The first-order valence-electron chi connectivity index (χ1n) is 14.6. The zero-order valence-electron chi connectivity index (χ0n) is 26.6. The van der Waals surface area contributed by atoms with Crippen molar-refractivity contribution in [3.63, 3.8) is 0 Å². The van der Waals surface area contributed by atoms with Gasteiger partial charge in [0.2, 0.25) is 11.6 Å². The highest BCUT2D eigenvalue weighted by Gasteiger charge is 2.26. The summed E-state index contributed by atoms with van der Waals surface area (Å²) in [5, 5.41) is 0. The van der Waals surface area contributed by atoms with Gasteiger partial charge in [0.05, 0.1) is 24.5 Å². The van der Waals surface area contributed by atoms with E-state index in [9.17, 15) is 13.2 Å². The normalized spacial score (nSPS) is 11.4. The Morgan fingerprint density at radius 3 is 2.27 bits per heavy atom. The first-order valence-corrected chi connectivity index (χ1v) is 16.1. The number of sulfonamides is 1. The summed E-state index contributed by atoms with van der Waals surface area (Å²) in [6.45, 7) is 5.57. The third-order valence-corrected chi connectivity index (χ3v) is 7.98. The number of rotatable bonds is 13. The van der Waals surface area contributed by atoms with Crippen LogP contribution in [0.25, 0.3) is 11.6 Å². The largest absolute Gasteiger partial charge is 0.508 e. The molecule has 0 atom stereocenters. The maximum Gasteiger partial charge on any atom is 0.508 e. The van der Waals surface area contributed by atoms with Gasteiger partial charge in [-0.3, -0.25) is 4.72 Å². The molecule has 0 aliphatic heterocycles. The van der Waals surface area contributed by atoms with Crippen LogP contribution in [-0.4, -0.2) is 54.8 Å². The van der Waals surface area contributed by atoms with Gasteiger partial charge in [0.15, 0.2) is 23.1 Å². The second-order valence-corrected chi connectivity index (χ2v) is 12.8. The van der Waals surface area contributed by atoms with Crippen LogP contribution in [0.1, 0.15) is 31.9 Å². The monoisotopic (exact) mass is 675 g/mol. The molecule has 3 heterocycles. The van der Waals surface area contributed by atoms with E-state index in [1.807, 2.05) is 20.8 Å². The Labute approximate surface area is 277 Å². The molecule has 0 aliphatic carbocycles. The Kier molecular flexibility index (Phi) is 10.4. The lowest BCUT2D eigenvalue weighted by Gasteiger charge is -2.20. The third-order valence-electron chi connectivity index (χ3n) is 6.62. The molecular formula is C33H33N5O9S. The molecule has 0 saturated carbocycles. The van der Waals surface area contributed by atoms with Gasteiger partial charge in [-0.25, -0.2) is 28.2 Å². The van der Waals surface area contributed by atoms with Gasteiger partial charge in [-0.2, -0.15) is 4.98 Å². The Balaban J connectivity index is 1.49. The summed E-state index contributed by atoms with van der Waals surface area (Å²) in [4.78, 5) is 29.4. The maximum absolute atomic E-state index is 13.7. The predicted molar refractivity (Wildman–Crippen MR) is 172 cm³/mol. The van der Waals surface area contributed by atoms with Gasteiger partial charge in [0, 0.05) is 18.0 Å². The third kappa shape index (κ3) is 8.55. The molecule has 1 N–H and O–H groups in total. The van der Waals surface area contributed by atoms with E-state index >= 15 is 0 Å². The number of methoxy groups -OCH3 is 1. The van der Waals surface area contributed by atoms with E-state index in [2.05, 4.69) is 24.7 Å². The highest BCUT2D eigenvalue weighted by Crippen LogP contribution is 2.41. The number of ether oxygens (including phenoxy) is 5. The van der Waals surface area contributed by atoms with Crippen molar-refractivity contribution in [3.8, 4) is 34.8 Å². The SMILES string of the molecule is COc1ccccc1Oc1c(NS(=O)(=O)c2ccc(C(C)(C)C)cc2)nc(-c2ncccn2)nc1OCCOC(=O)OCc1ccoc1. The number of benzene rings is 2. The first-order chi connectivity index (χ1) is 23.0. The van der Waals surface area contributed by atoms with Crippen LogP contribution in [0.15, 0.2) is 94.9 Å². The van der Waals surface area contributed by atoms with Crippen LogP contribution in [0.5, 0.6) is 23.1 Å². The minimum absolute atomic E-state index is 0.0142. The fourth-order valence-electron chi connectivity index (χ4n) is 4.16. The molecule has 14 nitrogen and oxygen atoms in total. The Morgan fingerprint density at radius 2 is 1.60 bits per heavy atom. The standard InChI is InChI=1S/C33H33N5O9S/c1-33(2,3)23-10-12-24(13-11-23)48(40,41)38-28-27(47-26-9-6-5-8-25(26)42-4)31(37-30(36-28)29-34-15-7-16-35-29)44-18-19-45-32(39)46-21-22-14-17-43-20-22/h5-17,20H,18-19,21H2,1-4H3,(H,36,37,38). The molecule has 5 aromatic rings. The number of aromatic nitrogens is 4. The van der Waals surface area contributed by atoms with Crippen molar-refractivity contribution in [1.82, 2.24) is 19.9 Å². The highest BCUT2D eigenvalue weighted by molar-refractivity contribution is 7.92. The van der Waals surface area contributed by atoms with Crippen LogP contribution >= 0.6 is 0 Å². The lowest BCUT2D eigenvalue weighted by Crippen LogP contribution is -2.18. The Hall–Kier alpha value is -5.70. The van der Waals surface area contributed by atoms with Crippen molar-refractivity contribution in [1.29, 1.82) is 0 Å². The number of carbonyl (C=O) groups is 1. The minimum atomic E-state index is -4.22. The van der Waals surface area contributed by atoms with E-state index in [1.165, 1.54) is 44.2 Å². The van der Waals surface area contributed by atoms with Crippen molar-refractivity contribution in [2.24, 2.45) is 0 Å². The molecular weight excluding hydrogens is 642 g/mol. The van der Waals surface area contributed by atoms with Crippen molar-refractivity contribution in [2.75, 3.05) is 25.0 Å². The van der Waals surface area contributed by atoms with E-state index in [-0.39, 0.29) is 65.0 Å². The number of carbonyl (C=O) groups excluding carboxylic acids is 1. The Morgan fingerprint density at radius 1 is 0.875 bits per heavy atom. The fraction of sp³-hybridized carbons (Fsp3) is 0.242. The number of nitrogens with one attached hydrogen (secondary N) is 1. The molecule has 2 aromatic carbocycles. The zero-order chi connectivity index (χ0) is 34.1. The van der Waals surface area contributed by atoms with Gasteiger partial charge in [-0.15, -0.1) is 0 Å². The molecule has 250 valence electrons. The van der Waals surface area contributed by atoms with Gasteiger partial charge in [0.25, 0.3) is 15.9 Å². The summed E-state index contributed by atoms with van der Waals surface area (Å²) in [5.74, 6) is -0.0975. The average Bonchev–Trinajstić information content (AvgIpc) is 3.61. The fourth-order valence-corrected chi connectivity index (χ4v) is 5.16. The van der Waals surface area contributed by atoms with Crippen LogP contribution in [-0.2, 0) is 31.5 Å². The molecule has 0 unspecified atom stereocenters. The minimum Gasteiger partial charge on any atom is -0.493 e. The summed E-state index contributed by atoms with van der Waals surface area (Å²) in [6, 6.07) is 16.5. The number of hydrogen-bond donors (Lipinski definition) is 1. The molecule has 0 aliphatic rings. The topological polar surface area (TPSA) is 174 Å². The van der Waals surface area contributed by atoms with Crippen LogP contribution in [0.3, 0.4) is 0 Å². The number of nitrogens with zero attached hydrogens (tertiary/aromatic N) is 4. The lowest BCUT2D eigenvalue weighted by molar-refractivity contribution is 0.0406. The van der Waals surface area contributed by atoms with Crippen molar-refractivity contribution in [2.45, 2.75) is 37.7 Å². The van der Waals surface area contributed by atoms with Gasteiger partial charge >= 0.3 is 6.16 Å². The Bertz CT molecular complexity index is 1930. The van der Waals surface area contributed by atoms with Crippen molar-refractivity contribution >= 4 is 22.0 Å². The van der Waals surface area contributed by atoms with Crippen molar-refractivity contribution < 1.29 is 41.3 Å². The lowest BCUT2D eigenvalue weighted by atomic mass is 9.87. The van der Waals surface area contributed by atoms with Crippen LogP contribution in [0, 0.1) is 0 Å². The van der Waals surface area contributed by atoms with E-state index in [4.69, 9.17) is 28.1 Å². The molecule has 15 heteroatoms. The van der Waals surface area contributed by atoms with Gasteiger partial charge in [0.1, 0.15) is 19.8 Å². The number of para-hydroxylation sites is 2. The number of anilines is 1. The van der Waals surface area contributed by atoms with Crippen LogP contribution in [0.4, 0.5) is 10.6 Å². The molecule has 5 rings (SSSR count). The highest BCUT2D eigenvalue weighted by atomic mass is 32.2. The predicted octanol–water partition coefficient (Wildman–Crippen LogP) is 6.16. The second-order valence-electron chi connectivity index (χ2n) is 11.1. The molecule has 0 fully saturated rings. The first kappa shape index (κ1) is 33.7. The average molecular weight is 676 g/mol. The zero-order valence-corrected chi connectivity index (χ0v) is 27.4. The summed E-state index contributed by atoms with van der Waals surface area (Å²) < 4.78 is 62.6.